The summed E-state index contributed by atoms with van der Waals surface area (Å²) in [4.78, 5) is 0. The van der Waals surface area contributed by atoms with Gasteiger partial charge in [0.25, 0.3) is 0 Å². The second-order valence-electron chi connectivity index (χ2n) is 8.90. The molecule has 0 aromatic heterocycles. The monoisotopic (exact) mass is 510 g/mol. The summed E-state index contributed by atoms with van der Waals surface area (Å²) in [5.41, 5.74) is 7.41. The van der Waals surface area contributed by atoms with Crippen LogP contribution < -0.4 is 0 Å². The molecule has 4 rings (SSSR count). The van der Waals surface area contributed by atoms with Gasteiger partial charge in [0.2, 0.25) is 0 Å². The number of hydrogen-bond acceptors (Lipinski definition) is 1. The molecule has 0 saturated carbocycles. The van der Waals surface area contributed by atoms with Crippen molar-refractivity contribution in [2.45, 2.75) is 32.2 Å². The van der Waals surface area contributed by atoms with Crippen LogP contribution in [0.2, 0.25) is 9.26 Å². The Morgan fingerprint density at radius 1 is 0.964 bits per heavy atom. The average Bonchev–Trinajstić information content (AvgIpc) is 3.23. The van der Waals surface area contributed by atoms with Gasteiger partial charge in [-0.15, -0.1) is 24.8 Å². The van der Waals surface area contributed by atoms with Gasteiger partial charge in [0.05, 0.1) is 0 Å². The second-order valence-corrected chi connectivity index (χ2v) is 38.6. The van der Waals surface area contributed by atoms with Gasteiger partial charge in [-0.3, -0.25) is 0 Å². The van der Waals surface area contributed by atoms with Gasteiger partial charge in [-0.25, -0.2) is 0 Å². The first kappa shape index (κ1) is 23.8. The average molecular weight is 513 g/mol. The molecule has 2 aliphatic carbocycles. The molecule has 2 aromatic carbocycles. The molecule has 1 nitrogen and oxygen atoms in total. The molecule has 0 unspecified atom stereocenters. The van der Waals surface area contributed by atoms with Crippen molar-refractivity contribution in [3.8, 4) is 11.1 Å². The van der Waals surface area contributed by atoms with E-state index in [4.69, 9.17) is 5.11 Å². The van der Waals surface area contributed by atoms with Gasteiger partial charge in [0.15, 0.2) is 0 Å². The van der Waals surface area contributed by atoms with E-state index in [1.165, 1.54) is 16.7 Å². The van der Waals surface area contributed by atoms with E-state index in [-0.39, 0.29) is 31.4 Å². The van der Waals surface area contributed by atoms with Crippen molar-refractivity contribution in [2.24, 2.45) is 0 Å². The summed E-state index contributed by atoms with van der Waals surface area (Å²) in [7, 11) is 0. The Labute approximate surface area is 183 Å². The summed E-state index contributed by atoms with van der Waals surface area (Å²) in [5, 5.41) is 9.16. The molecule has 150 valence electrons. The molecule has 28 heavy (non-hydrogen) atoms. The van der Waals surface area contributed by atoms with E-state index >= 15 is 0 Å². The van der Waals surface area contributed by atoms with Gasteiger partial charge in [-0.05, 0) is 0 Å². The van der Waals surface area contributed by atoms with Crippen LogP contribution in [-0.2, 0) is 17.4 Å². The van der Waals surface area contributed by atoms with Gasteiger partial charge in [0, 0.05) is 0 Å². The fraction of sp³-hybridized carbons (Fsp3) is 0.304. The van der Waals surface area contributed by atoms with Crippen LogP contribution in [0.5, 0.6) is 0 Å². The molecule has 0 aliphatic heterocycles. The van der Waals surface area contributed by atoms with Gasteiger partial charge in [-0.2, -0.15) is 0 Å². The summed E-state index contributed by atoms with van der Waals surface area (Å²) in [6.07, 6.45) is 7.90. The summed E-state index contributed by atoms with van der Waals surface area (Å²) >= 11 is -3.21. The number of benzene rings is 2. The van der Waals surface area contributed by atoms with Crippen molar-refractivity contribution >= 4 is 31.7 Å². The maximum absolute atomic E-state index is 9.16. The third-order valence-corrected chi connectivity index (χ3v) is 23.6. The Balaban J connectivity index is 0.00000140. The summed E-state index contributed by atoms with van der Waals surface area (Å²) in [5.74, 6) is 0. The van der Waals surface area contributed by atoms with E-state index in [1.54, 1.807) is 14.4 Å². The van der Waals surface area contributed by atoms with Crippen LogP contribution in [0.25, 0.3) is 11.1 Å². The minimum absolute atomic E-state index is 0. The Bertz CT molecular complexity index is 958. The molecule has 0 saturated heterocycles. The number of aliphatic hydroxyl groups excluding tert-OH is 1. The van der Waals surface area contributed by atoms with Crippen molar-refractivity contribution < 1.29 is 22.5 Å². The van der Waals surface area contributed by atoms with Crippen molar-refractivity contribution in [3.63, 3.8) is 0 Å². The van der Waals surface area contributed by atoms with Crippen LogP contribution >= 0.6 is 24.8 Å². The SMILES string of the molecule is Cl.Cl.[CH3][Zr]([CH3])(=[SiH2])([C]1=CC(CCCO)=CC1)[CH]1c2ccccc2-c2ccccc21. The molecule has 0 radical (unpaired) electrons. The first-order valence-electron chi connectivity index (χ1n) is 9.67. The Morgan fingerprint density at radius 3 is 2.04 bits per heavy atom. The van der Waals surface area contributed by atoms with Crippen LogP contribution in [0.4, 0.5) is 0 Å². The molecular formula is C23H30Cl2OSiZr. The molecular weight excluding hydrogens is 482 g/mol. The first-order valence-corrected chi connectivity index (χ1v) is 23.2. The summed E-state index contributed by atoms with van der Waals surface area (Å²) in [6.45, 7) is 2.64. The predicted octanol–water partition coefficient (Wildman–Crippen LogP) is 5.92. The molecule has 0 atom stereocenters. The van der Waals surface area contributed by atoms with E-state index in [0.29, 0.717) is 3.63 Å². The zero-order valence-corrected chi connectivity index (χ0v) is 22.2. The molecule has 0 bridgehead atoms. The number of allylic oxidation sites excluding steroid dienone is 4. The minimum atomic E-state index is -3.21. The molecule has 0 amide bonds. The van der Waals surface area contributed by atoms with Gasteiger partial charge >= 0.3 is 160 Å². The van der Waals surface area contributed by atoms with Crippen LogP contribution in [-0.4, -0.2) is 18.6 Å². The van der Waals surface area contributed by atoms with E-state index < -0.39 is 17.4 Å². The fourth-order valence-corrected chi connectivity index (χ4v) is 19.6. The topological polar surface area (TPSA) is 20.2 Å². The van der Waals surface area contributed by atoms with E-state index in [2.05, 4.69) is 76.8 Å². The van der Waals surface area contributed by atoms with Crippen LogP contribution in [0.3, 0.4) is 0 Å². The Kier molecular flexibility index (Phi) is 7.44. The van der Waals surface area contributed by atoms with Crippen LogP contribution in [0.15, 0.2) is 69.5 Å². The van der Waals surface area contributed by atoms with Crippen molar-refractivity contribution in [1.82, 2.24) is 0 Å². The molecule has 2 aromatic rings. The zero-order valence-electron chi connectivity index (χ0n) is 16.7. The normalized spacial score (nSPS) is 15.7. The standard InChI is InChI=1S/C13H9.C8H11O.2CH3.2ClH.H2Si.Zr/c1-3-7-12-10(5-1)9-11-6-2-4-8-13(11)12;9-7-3-6-8-4-1-2-5-8;;;;;;/h1-9H;4-5,9H,1,3,6-7H2;2*1H3;2*1H;1H2;. The predicted molar refractivity (Wildman–Crippen MR) is 126 cm³/mol. The Morgan fingerprint density at radius 2 is 1.50 bits per heavy atom. The fourth-order valence-electron chi connectivity index (χ4n) is 4.95. The quantitative estimate of drug-likeness (QED) is 0.493. The molecule has 2 aliphatic rings. The van der Waals surface area contributed by atoms with Crippen LogP contribution in [0, 0.1) is 0 Å². The third-order valence-electron chi connectivity index (χ3n) is 6.38. The zero-order chi connectivity index (χ0) is 18.4. The number of hydrogen-bond donors (Lipinski definition) is 1. The molecule has 1 N–H and O–H groups in total. The van der Waals surface area contributed by atoms with Crippen molar-refractivity contribution in [2.75, 3.05) is 6.61 Å². The van der Waals surface area contributed by atoms with E-state index in [0.717, 1.165) is 19.3 Å². The van der Waals surface area contributed by atoms with Crippen molar-refractivity contribution in [1.29, 1.82) is 0 Å². The summed E-state index contributed by atoms with van der Waals surface area (Å²) in [6, 6.07) is 18.1. The summed E-state index contributed by atoms with van der Waals surface area (Å²) < 4.78 is 7.56. The number of fused-ring (bicyclic) bond motifs is 3. The Hall–Kier alpha value is -0.440. The van der Waals surface area contributed by atoms with Gasteiger partial charge in [0.1, 0.15) is 0 Å². The first-order chi connectivity index (χ1) is 12.4. The second kappa shape index (κ2) is 8.74. The molecule has 0 spiro atoms. The number of rotatable bonds is 5. The molecule has 0 heterocycles. The molecule has 0 fully saturated rings. The van der Waals surface area contributed by atoms with Crippen molar-refractivity contribution in [3.05, 3.63) is 80.7 Å². The third kappa shape index (κ3) is 3.94. The van der Waals surface area contributed by atoms with E-state index in [9.17, 15) is 0 Å². The van der Waals surface area contributed by atoms with Crippen LogP contribution in [0.1, 0.15) is 34.0 Å². The molecule has 5 heteroatoms. The van der Waals surface area contributed by atoms with Gasteiger partial charge < -0.3 is 0 Å². The van der Waals surface area contributed by atoms with E-state index in [1.807, 2.05) is 0 Å². The maximum atomic E-state index is 9.16. The van der Waals surface area contributed by atoms with Gasteiger partial charge in [-0.1, -0.05) is 0 Å². The number of aliphatic hydroxyl groups is 1. The number of halogens is 2.